The van der Waals surface area contributed by atoms with E-state index in [1.165, 1.54) is 19.3 Å². The molecule has 0 aliphatic carbocycles. The monoisotopic (exact) mass is 297 g/mol. The Kier molecular flexibility index (Phi) is 6.06. The first-order chi connectivity index (χ1) is 8.93. The van der Waals surface area contributed by atoms with E-state index in [1.54, 1.807) is 0 Å². The van der Waals surface area contributed by atoms with Gasteiger partial charge in [0.25, 0.3) is 0 Å². The van der Waals surface area contributed by atoms with Crippen LogP contribution in [-0.2, 0) is 5.60 Å². The van der Waals surface area contributed by atoms with Crippen LogP contribution in [0.4, 0.5) is 0 Å². The second kappa shape index (κ2) is 6.93. The number of halogens is 1. The summed E-state index contributed by atoms with van der Waals surface area (Å²) in [5, 5.41) is 11.3. The third-order valence-corrected chi connectivity index (χ3v) is 4.39. The zero-order valence-corrected chi connectivity index (χ0v) is 13.7. The van der Waals surface area contributed by atoms with E-state index in [-0.39, 0.29) is 17.8 Å². The molecule has 1 heterocycles. The summed E-state index contributed by atoms with van der Waals surface area (Å²) in [6, 6.07) is 10.1. The minimum Gasteiger partial charge on any atom is -0.383 e. The Bertz CT molecular complexity index is 395. The molecule has 0 spiro atoms. The average Bonchev–Trinajstić information content (AvgIpc) is 2.39. The van der Waals surface area contributed by atoms with Crippen LogP contribution in [0.25, 0.3) is 0 Å². The smallest absolute Gasteiger partial charge is 0.107 e. The molecule has 2 nitrogen and oxygen atoms in total. The standard InChI is InChI=1S/C17H27NO.ClH/c1-16(2,3)17(19,15-10-6-4-7-11-15)14-18-12-8-5-9-13-18;/h4,6-7,10-11,19H,5,8-9,12-14H2,1-3H3;1H. The highest BCUT2D eigenvalue weighted by atomic mass is 35.5. The van der Waals surface area contributed by atoms with Crippen molar-refractivity contribution in [1.82, 2.24) is 4.90 Å². The summed E-state index contributed by atoms with van der Waals surface area (Å²) in [5.41, 5.74) is 0.0743. The number of aliphatic hydroxyl groups is 1. The number of benzene rings is 1. The quantitative estimate of drug-likeness (QED) is 0.916. The molecule has 1 saturated heterocycles. The summed E-state index contributed by atoms with van der Waals surface area (Å²) in [6.07, 6.45) is 3.85. The fourth-order valence-electron chi connectivity index (χ4n) is 2.92. The molecule has 3 heteroatoms. The molecule has 0 amide bonds. The number of hydrogen-bond acceptors (Lipinski definition) is 2. The van der Waals surface area contributed by atoms with Gasteiger partial charge in [0.05, 0.1) is 0 Å². The molecule has 1 aromatic rings. The predicted octanol–water partition coefficient (Wildman–Crippen LogP) is 3.83. The summed E-state index contributed by atoms with van der Waals surface area (Å²) in [6.45, 7) is 9.36. The van der Waals surface area contributed by atoms with Crippen molar-refractivity contribution in [2.75, 3.05) is 19.6 Å². The summed E-state index contributed by atoms with van der Waals surface area (Å²) in [5.74, 6) is 0. The Morgan fingerprint density at radius 2 is 1.55 bits per heavy atom. The molecule has 0 aromatic heterocycles. The third-order valence-electron chi connectivity index (χ3n) is 4.39. The van der Waals surface area contributed by atoms with Crippen LogP contribution in [0.5, 0.6) is 0 Å². The maximum atomic E-state index is 11.3. The highest BCUT2D eigenvalue weighted by molar-refractivity contribution is 5.85. The molecule has 0 bridgehead atoms. The molecule has 2 rings (SSSR count). The minimum absolute atomic E-state index is 0. The van der Waals surface area contributed by atoms with Crippen molar-refractivity contribution in [2.45, 2.75) is 45.6 Å². The molecule has 1 aliphatic rings. The number of rotatable bonds is 3. The second-order valence-electron chi connectivity index (χ2n) is 6.81. The fraction of sp³-hybridized carbons (Fsp3) is 0.647. The van der Waals surface area contributed by atoms with E-state index in [9.17, 15) is 5.11 Å². The Morgan fingerprint density at radius 1 is 1.00 bits per heavy atom. The highest BCUT2D eigenvalue weighted by Crippen LogP contribution is 2.40. The van der Waals surface area contributed by atoms with Crippen LogP contribution in [0, 0.1) is 5.41 Å². The molecule has 1 unspecified atom stereocenters. The van der Waals surface area contributed by atoms with Crippen molar-refractivity contribution in [3.05, 3.63) is 35.9 Å². The zero-order valence-electron chi connectivity index (χ0n) is 12.9. The van der Waals surface area contributed by atoms with Gasteiger partial charge in [-0.15, -0.1) is 12.4 Å². The van der Waals surface area contributed by atoms with Crippen molar-refractivity contribution in [3.8, 4) is 0 Å². The molecular formula is C17H28ClNO. The van der Waals surface area contributed by atoms with Crippen LogP contribution in [-0.4, -0.2) is 29.6 Å². The third kappa shape index (κ3) is 3.75. The minimum atomic E-state index is -0.786. The zero-order chi connectivity index (χ0) is 13.9. The van der Waals surface area contributed by atoms with Crippen molar-refractivity contribution in [3.63, 3.8) is 0 Å². The predicted molar refractivity (Wildman–Crippen MR) is 87.3 cm³/mol. The van der Waals surface area contributed by atoms with Gasteiger partial charge in [0.1, 0.15) is 5.60 Å². The van der Waals surface area contributed by atoms with Gasteiger partial charge in [0.2, 0.25) is 0 Å². The highest BCUT2D eigenvalue weighted by Gasteiger charge is 2.42. The van der Waals surface area contributed by atoms with E-state index < -0.39 is 5.60 Å². The Balaban J connectivity index is 0.00000200. The lowest BCUT2D eigenvalue weighted by Gasteiger charge is -2.44. The number of nitrogens with zero attached hydrogens (tertiary/aromatic N) is 1. The molecule has 20 heavy (non-hydrogen) atoms. The van der Waals surface area contributed by atoms with E-state index in [0.29, 0.717) is 0 Å². The first-order valence-corrected chi connectivity index (χ1v) is 7.44. The van der Waals surface area contributed by atoms with Gasteiger partial charge in [-0.2, -0.15) is 0 Å². The fourth-order valence-corrected chi connectivity index (χ4v) is 2.92. The molecule has 1 aromatic carbocycles. The van der Waals surface area contributed by atoms with Gasteiger partial charge < -0.3 is 10.0 Å². The van der Waals surface area contributed by atoms with Crippen LogP contribution in [0.1, 0.15) is 45.6 Å². The maximum absolute atomic E-state index is 11.3. The molecule has 0 saturated carbocycles. The number of likely N-dealkylation sites (tertiary alicyclic amines) is 1. The van der Waals surface area contributed by atoms with Gasteiger partial charge in [-0.3, -0.25) is 0 Å². The van der Waals surface area contributed by atoms with Gasteiger partial charge in [-0.25, -0.2) is 0 Å². The lowest BCUT2D eigenvalue weighted by Crippen LogP contribution is -2.50. The van der Waals surface area contributed by atoms with Crippen molar-refractivity contribution in [1.29, 1.82) is 0 Å². The van der Waals surface area contributed by atoms with E-state index in [1.807, 2.05) is 18.2 Å². The van der Waals surface area contributed by atoms with E-state index in [4.69, 9.17) is 0 Å². The van der Waals surface area contributed by atoms with E-state index >= 15 is 0 Å². The van der Waals surface area contributed by atoms with E-state index in [2.05, 4.69) is 37.8 Å². The second-order valence-corrected chi connectivity index (χ2v) is 6.81. The van der Waals surface area contributed by atoms with Crippen LogP contribution in [0.15, 0.2) is 30.3 Å². The number of hydrogen-bond donors (Lipinski definition) is 1. The largest absolute Gasteiger partial charge is 0.383 e. The molecule has 1 atom stereocenters. The first-order valence-electron chi connectivity index (χ1n) is 7.44. The molecule has 1 aliphatic heterocycles. The van der Waals surface area contributed by atoms with Gasteiger partial charge in [0, 0.05) is 6.54 Å². The van der Waals surface area contributed by atoms with Crippen LogP contribution >= 0.6 is 12.4 Å². The Hall–Kier alpha value is -0.570. The van der Waals surface area contributed by atoms with Gasteiger partial charge in [-0.05, 0) is 36.9 Å². The first kappa shape index (κ1) is 17.5. The molecule has 0 radical (unpaired) electrons. The average molecular weight is 298 g/mol. The number of piperidine rings is 1. The van der Waals surface area contributed by atoms with Crippen molar-refractivity contribution < 1.29 is 5.11 Å². The van der Waals surface area contributed by atoms with Crippen LogP contribution in [0.2, 0.25) is 0 Å². The topological polar surface area (TPSA) is 23.5 Å². The Morgan fingerprint density at radius 3 is 2.05 bits per heavy atom. The van der Waals surface area contributed by atoms with Crippen molar-refractivity contribution >= 4 is 12.4 Å². The summed E-state index contributed by atoms with van der Waals surface area (Å²) >= 11 is 0. The number of β-amino-alcohol motifs (C(OH)–C–C–N with tert-alkyl or cyclic N) is 1. The van der Waals surface area contributed by atoms with Gasteiger partial charge >= 0.3 is 0 Å². The molecule has 1 fully saturated rings. The Labute approximate surface area is 129 Å². The SMILES string of the molecule is CC(C)(C)C(O)(CN1CCCCC1)c1ccccc1.Cl. The molecule has 114 valence electrons. The molecular weight excluding hydrogens is 270 g/mol. The van der Waals surface area contributed by atoms with Crippen molar-refractivity contribution in [2.24, 2.45) is 5.41 Å². The summed E-state index contributed by atoms with van der Waals surface area (Å²) in [4.78, 5) is 2.42. The van der Waals surface area contributed by atoms with E-state index in [0.717, 1.165) is 25.2 Å². The van der Waals surface area contributed by atoms with Gasteiger partial charge in [-0.1, -0.05) is 57.5 Å². The molecule has 1 N–H and O–H groups in total. The maximum Gasteiger partial charge on any atom is 0.107 e. The lowest BCUT2D eigenvalue weighted by molar-refractivity contribution is -0.0892. The normalized spacial score (nSPS) is 20.0. The lowest BCUT2D eigenvalue weighted by atomic mass is 9.71. The van der Waals surface area contributed by atoms with Crippen LogP contribution in [0.3, 0.4) is 0 Å². The summed E-state index contributed by atoms with van der Waals surface area (Å²) in [7, 11) is 0. The van der Waals surface area contributed by atoms with Gasteiger partial charge in [0.15, 0.2) is 0 Å². The van der Waals surface area contributed by atoms with Crippen LogP contribution < -0.4 is 0 Å². The summed E-state index contributed by atoms with van der Waals surface area (Å²) < 4.78 is 0.